The fourth-order valence-corrected chi connectivity index (χ4v) is 5.89. The normalized spacial score (nSPS) is 12.4. The summed E-state index contributed by atoms with van der Waals surface area (Å²) in [6.07, 6.45) is 0. The van der Waals surface area contributed by atoms with Crippen LogP contribution < -0.4 is 0 Å². The first-order chi connectivity index (χ1) is 16.3. The molecular weight excluding hydrogens is 472 g/mol. The molecule has 0 saturated heterocycles. The van der Waals surface area contributed by atoms with Crippen LogP contribution in [-0.4, -0.2) is 23.2 Å². The Balaban J connectivity index is 1.72. The molecule has 4 aromatic rings. The number of aromatic hydroxyl groups is 2. The highest BCUT2D eigenvalue weighted by Gasteiger charge is 2.27. The maximum Gasteiger partial charge on any atom is 0.217 e. The molecule has 2 N–H and O–H groups in total. The summed E-state index contributed by atoms with van der Waals surface area (Å²) in [5.74, 6) is 1.01. The Morgan fingerprint density at radius 1 is 0.765 bits per heavy atom. The summed E-state index contributed by atoms with van der Waals surface area (Å²) in [5, 5.41) is 20.4. The summed E-state index contributed by atoms with van der Waals surface area (Å²) in [7, 11) is -5.20. The van der Waals surface area contributed by atoms with Crippen LogP contribution in [0.15, 0.2) is 107 Å². The molecule has 1 atom stereocenters. The molecule has 4 rings (SSSR count). The van der Waals surface area contributed by atoms with E-state index < -0.39 is 21.3 Å². The third-order valence-electron chi connectivity index (χ3n) is 5.14. The highest BCUT2D eigenvalue weighted by atomic mass is 32.3. The number of rotatable bonds is 8. The Labute approximate surface area is 201 Å². The first kappa shape index (κ1) is 23.8. The highest BCUT2D eigenvalue weighted by Crippen LogP contribution is 2.36. The van der Waals surface area contributed by atoms with E-state index in [1.165, 1.54) is 0 Å². The number of benzene rings is 4. The van der Waals surface area contributed by atoms with Crippen LogP contribution in [0.4, 0.5) is 0 Å². The van der Waals surface area contributed by atoms with Gasteiger partial charge in [-0.05, 0) is 53.6 Å². The van der Waals surface area contributed by atoms with E-state index in [2.05, 4.69) is 16.3 Å². The van der Waals surface area contributed by atoms with Gasteiger partial charge in [-0.15, -0.1) is 0 Å². The first-order valence-corrected chi connectivity index (χ1v) is 13.1. The summed E-state index contributed by atoms with van der Waals surface area (Å²) in [6.45, 7) is -0.383. The van der Waals surface area contributed by atoms with Gasteiger partial charge in [0.1, 0.15) is 17.3 Å². The van der Waals surface area contributed by atoms with E-state index >= 15 is 0 Å². The molecule has 6 nitrogen and oxygen atoms in total. The molecule has 34 heavy (non-hydrogen) atoms. The second-order valence-electron chi connectivity index (χ2n) is 7.56. The van der Waals surface area contributed by atoms with Gasteiger partial charge in [0, 0.05) is 17.2 Å². The fraction of sp³-hybridized carbons (Fsp3) is 0.0769. The van der Waals surface area contributed by atoms with E-state index in [1.54, 1.807) is 42.5 Å². The first-order valence-electron chi connectivity index (χ1n) is 10.3. The zero-order valence-electron chi connectivity index (χ0n) is 18.0. The Morgan fingerprint density at radius 3 is 2.15 bits per heavy atom. The van der Waals surface area contributed by atoms with Gasteiger partial charge < -0.3 is 14.8 Å². The van der Waals surface area contributed by atoms with Crippen LogP contribution >= 0.6 is 0 Å². The monoisotopic (exact) mass is 494 g/mol. The van der Waals surface area contributed by atoms with Crippen molar-refractivity contribution in [2.24, 2.45) is 0 Å². The third-order valence-corrected chi connectivity index (χ3v) is 7.83. The molecule has 0 spiro atoms. The van der Waals surface area contributed by atoms with Crippen molar-refractivity contribution in [3.8, 4) is 22.6 Å². The average molecular weight is 495 g/mol. The standard InChI is InChI=1S/C26H22O6S2/c27-22-9-11-23(12-10-22)33(18-19-5-2-1-3-6-19)24-13-14-26(28)25(16-24)21-8-4-7-20(15-21)17-32-34(29,30)31/h1-16H,17-18H2,(H2-,27,28,29,30,31). The highest BCUT2D eigenvalue weighted by molar-refractivity contribution is 7.96. The van der Waals surface area contributed by atoms with Crippen molar-refractivity contribution >= 4 is 21.3 Å². The lowest BCUT2D eigenvalue weighted by molar-refractivity contribution is 0.253. The predicted molar refractivity (Wildman–Crippen MR) is 130 cm³/mol. The number of hydrogen-bond acceptors (Lipinski definition) is 6. The van der Waals surface area contributed by atoms with Crippen LogP contribution in [-0.2, 0) is 37.8 Å². The Bertz CT molecular complexity index is 1370. The molecular formula is C26H22O6S2. The fourth-order valence-electron chi connectivity index (χ4n) is 3.52. The van der Waals surface area contributed by atoms with Gasteiger partial charge in [0.2, 0.25) is 10.4 Å². The third kappa shape index (κ3) is 6.18. The van der Waals surface area contributed by atoms with E-state index in [4.69, 9.17) is 0 Å². The van der Waals surface area contributed by atoms with Crippen molar-refractivity contribution in [2.45, 2.75) is 22.2 Å². The van der Waals surface area contributed by atoms with Gasteiger partial charge in [-0.3, -0.25) is 4.18 Å². The molecule has 0 amide bonds. The summed E-state index contributed by atoms with van der Waals surface area (Å²) >= 11 is 0. The molecule has 174 valence electrons. The second-order valence-corrected chi connectivity index (χ2v) is 10.6. The Hall–Kier alpha value is -3.30. The maximum atomic E-state index is 10.8. The van der Waals surface area contributed by atoms with E-state index in [9.17, 15) is 23.2 Å². The van der Waals surface area contributed by atoms with Crippen molar-refractivity contribution in [3.05, 3.63) is 108 Å². The molecule has 0 aliphatic heterocycles. The van der Waals surface area contributed by atoms with Crippen molar-refractivity contribution < 1.29 is 27.4 Å². The lowest BCUT2D eigenvalue weighted by Crippen LogP contribution is -2.07. The largest absolute Gasteiger partial charge is 0.726 e. The minimum atomic E-state index is -4.81. The van der Waals surface area contributed by atoms with Gasteiger partial charge in [-0.2, -0.15) is 0 Å². The van der Waals surface area contributed by atoms with Gasteiger partial charge in [-0.1, -0.05) is 48.5 Å². The number of phenols is 2. The van der Waals surface area contributed by atoms with Crippen LogP contribution in [0.1, 0.15) is 11.1 Å². The van der Waals surface area contributed by atoms with Crippen LogP contribution in [0.25, 0.3) is 11.1 Å². The topological polar surface area (TPSA) is 107 Å². The van der Waals surface area contributed by atoms with Gasteiger partial charge in [0.25, 0.3) is 0 Å². The van der Waals surface area contributed by atoms with Gasteiger partial charge in [0.15, 0.2) is 9.79 Å². The van der Waals surface area contributed by atoms with Crippen molar-refractivity contribution in [2.75, 3.05) is 0 Å². The molecule has 8 heteroatoms. The molecule has 0 heterocycles. The number of hydrogen-bond donors (Lipinski definition) is 2. The second kappa shape index (κ2) is 10.3. The maximum absolute atomic E-state index is 10.8. The molecule has 1 unspecified atom stereocenters. The van der Waals surface area contributed by atoms with E-state index in [1.807, 2.05) is 42.5 Å². The Kier molecular flexibility index (Phi) is 7.23. The SMILES string of the molecule is O=S(=O)([O-])OCc1cccc(-c2cc([S+](Cc3ccccc3)c3ccc(O)cc3)ccc2O)c1. The van der Waals surface area contributed by atoms with Gasteiger partial charge in [-0.25, -0.2) is 8.42 Å². The molecule has 0 radical (unpaired) electrons. The molecule has 0 aliphatic carbocycles. The molecule has 4 aromatic carbocycles. The lowest BCUT2D eigenvalue weighted by atomic mass is 10.0. The van der Waals surface area contributed by atoms with Crippen LogP contribution in [0.3, 0.4) is 0 Å². The minimum absolute atomic E-state index is 0.0761. The summed E-state index contributed by atoms with van der Waals surface area (Å²) < 4.78 is 36.8. The van der Waals surface area contributed by atoms with Crippen LogP contribution in [0, 0.1) is 0 Å². The zero-order valence-corrected chi connectivity index (χ0v) is 19.6. The summed E-state index contributed by atoms with van der Waals surface area (Å²) in [4.78, 5) is 2.03. The molecule has 0 saturated carbocycles. The molecule has 0 bridgehead atoms. The van der Waals surface area contributed by atoms with Gasteiger partial charge in [0.05, 0.1) is 17.5 Å². The summed E-state index contributed by atoms with van der Waals surface area (Å²) in [5.41, 5.74) is 2.89. The quantitative estimate of drug-likeness (QED) is 0.203. The summed E-state index contributed by atoms with van der Waals surface area (Å²) in [6, 6.07) is 29.5. The number of phenolic OH excluding ortho intramolecular Hbond substituents is 2. The van der Waals surface area contributed by atoms with E-state index in [0.717, 1.165) is 21.1 Å². The molecule has 0 aliphatic rings. The van der Waals surface area contributed by atoms with Crippen molar-refractivity contribution in [3.63, 3.8) is 0 Å². The zero-order chi connectivity index (χ0) is 24.1. The minimum Gasteiger partial charge on any atom is -0.726 e. The lowest BCUT2D eigenvalue weighted by Gasteiger charge is -2.13. The molecule has 0 aromatic heterocycles. The molecule has 0 fully saturated rings. The predicted octanol–water partition coefficient (Wildman–Crippen LogP) is 4.98. The van der Waals surface area contributed by atoms with Crippen LogP contribution in [0.5, 0.6) is 11.5 Å². The average Bonchev–Trinajstić information content (AvgIpc) is 2.83. The van der Waals surface area contributed by atoms with Crippen LogP contribution in [0.2, 0.25) is 0 Å². The van der Waals surface area contributed by atoms with Crippen molar-refractivity contribution in [1.29, 1.82) is 0 Å². The van der Waals surface area contributed by atoms with Gasteiger partial charge >= 0.3 is 0 Å². The smallest absolute Gasteiger partial charge is 0.217 e. The van der Waals surface area contributed by atoms with E-state index in [-0.39, 0.29) is 18.1 Å². The van der Waals surface area contributed by atoms with Crippen molar-refractivity contribution in [1.82, 2.24) is 0 Å². The Morgan fingerprint density at radius 2 is 1.44 bits per heavy atom. The van der Waals surface area contributed by atoms with E-state index in [0.29, 0.717) is 16.7 Å².